The highest BCUT2D eigenvalue weighted by atomic mass is 32.2. The van der Waals surface area contributed by atoms with Gasteiger partial charge in [0.2, 0.25) is 9.84 Å². The monoisotopic (exact) mass is 406 g/mol. The van der Waals surface area contributed by atoms with E-state index in [-0.39, 0.29) is 15.6 Å². The smallest absolute Gasteiger partial charge is 0.218 e. The van der Waals surface area contributed by atoms with E-state index in [1.54, 1.807) is 12.1 Å². The molecule has 2 N–H and O–H groups in total. The molecule has 1 unspecified atom stereocenters. The van der Waals surface area contributed by atoms with Crippen LogP contribution < -0.4 is 5.73 Å². The van der Waals surface area contributed by atoms with Gasteiger partial charge in [-0.15, -0.1) is 11.3 Å². The van der Waals surface area contributed by atoms with Gasteiger partial charge in [0.25, 0.3) is 0 Å². The van der Waals surface area contributed by atoms with Gasteiger partial charge in [0.1, 0.15) is 9.22 Å². The number of nitrogens with zero attached hydrogens (tertiary/aromatic N) is 1. The van der Waals surface area contributed by atoms with Gasteiger partial charge in [-0.3, -0.25) is 4.21 Å². The normalized spacial score (nSPS) is 14.1. The second-order valence-electron chi connectivity index (χ2n) is 5.81. The van der Waals surface area contributed by atoms with Crippen molar-refractivity contribution in [3.05, 3.63) is 59.7 Å². The molecule has 3 aromatic rings. The number of sulfone groups is 1. The molecule has 5 nitrogen and oxygen atoms in total. The number of aromatic nitrogens is 1. The molecule has 0 amide bonds. The van der Waals surface area contributed by atoms with E-state index in [2.05, 4.69) is 10.9 Å². The number of benzene rings is 2. The average Bonchev–Trinajstić information content (AvgIpc) is 3.11. The summed E-state index contributed by atoms with van der Waals surface area (Å²) in [7, 11) is -6.26. The summed E-state index contributed by atoms with van der Waals surface area (Å²) in [6, 6.07) is 13.8. The Morgan fingerprint density at radius 1 is 1.12 bits per heavy atom. The fourth-order valence-corrected chi connectivity index (χ4v) is 5.84. The molecule has 26 heavy (non-hydrogen) atoms. The molecular weight excluding hydrogens is 388 g/mol. The quantitative estimate of drug-likeness (QED) is 0.658. The van der Waals surface area contributed by atoms with Gasteiger partial charge < -0.3 is 5.73 Å². The minimum atomic E-state index is -3.78. The van der Waals surface area contributed by atoms with Crippen molar-refractivity contribution in [2.45, 2.75) is 20.5 Å². The Hall–Kier alpha value is -2.00. The summed E-state index contributed by atoms with van der Waals surface area (Å²) >= 11 is 1.06. The first-order chi connectivity index (χ1) is 12.2. The lowest BCUT2D eigenvalue weighted by Gasteiger charge is -2.13. The van der Waals surface area contributed by atoms with Crippen molar-refractivity contribution >= 4 is 36.6 Å². The molecule has 136 valence electrons. The van der Waals surface area contributed by atoms with Gasteiger partial charge in [-0.2, -0.15) is 0 Å². The summed E-state index contributed by atoms with van der Waals surface area (Å²) in [6.07, 6.45) is 2.86. The van der Waals surface area contributed by atoms with Crippen LogP contribution in [0.4, 0.5) is 0 Å². The molecule has 0 aliphatic heterocycles. The molecule has 0 aliphatic rings. The Bertz CT molecular complexity index is 1150. The molecule has 1 aromatic heterocycles. The van der Waals surface area contributed by atoms with Crippen LogP contribution >= 0.6 is 11.3 Å². The molecule has 3 rings (SSSR count). The summed E-state index contributed by atoms with van der Waals surface area (Å²) in [6.45, 7) is 0.185. The third kappa shape index (κ3) is 3.59. The molecule has 1 heterocycles. The summed E-state index contributed by atoms with van der Waals surface area (Å²) < 4.78 is 38.8. The van der Waals surface area contributed by atoms with E-state index in [1.165, 1.54) is 18.5 Å². The maximum Gasteiger partial charge on any atom is 0.218 e. The van der Waals surface area contributed by atoms with Crippen molar-refractivity contribution < 1.29 is 12.6 Å². The number of hydrogen-bond acceptors (Lipinski definition) is 6. The van der Waals surface area contributed by atoms with Crippen LogP contribution in [-0.2, 0) is 25.9 Å². The van der Waals surface area contributed by atoms with Crippen LogP contribution in [0.5, 0.6) is 0 Å². The minimum Gasteiger partial charge on any atom is -0.325 e. The Kier molecular flexibility index (Phi) is 5.03. The lowest BCUT2D eigenvalue weighted by Crippen LogP contribution is -2.05. The van der Waals surface area contributed by atoms with Crippen molar-refractivity contribution in [1.82, 2.24) is 4.98 Å². The van der Waals surface area contributed by atoms with Crippen molar-refractivity contribution in [1.29, 1.82) is 0 Å². The Morgan fingerprint density at radius 3 is 2.38 bits per heavy atom. The van der Waals surface area contributed by atoms with Gasteiger partial charge >= 0.3 is 0 Å². The lowest BCUT2D eigenvalue weighted by atomic mass is 10.1. The van der Waals surface area contributed by atoms with Crippen LogP contribution in [0.25, 0.3) is 11.1 Å². The lowest BCUT2D eigenvalue weighted by molar-refractivity contribution is 0.598. The highest BCUT2D eigenvalue weighted by Crippen LogP contribution is 2.35. The van der Waals surface area contributed by atoms with Gasteiger partial charge in [-0.1, -0.05) is 30.3 Å². The predicted molar refractivity (Wildman–Crippen MR) is 107 cm³/mol. The maximum absolute atomic E-state index is 13.2. The first-order valence-electron chi connectivity index (χ1n) is 7.65. The highest BCUT2D eigenvalue weighted by molar-refractivity contribution is 7.99. The van der Waals surface area contributed by atoms with Crippen LogP contribution in [0.2, 0.25) is 0 Å². The largest absolute Gasteiger partial charge is 0.325 e. The van der Waals surface area contributed by atoms with Crippen molar-refractivity contribution in [3.8, 4) is 11.1 Å². The van der Waals surface area contributed by atoms with E-state index in [1.807, 2.05) is 30.3 Å². The van der Waals surface area contributed by atoms with Crippen molar-refractivity contribution in [3.63, 3.8) is 0 Å². The third-order valence-corrected chi connectivity index (χ3v) is 8.34. The van der Waals surface area contributed by atoms with Crippen LogP contribution in [0, 0.1) is 0 Å². The predicted octanol–water partition coefficient (Wildman–Crippen LogP) is 2.81. The molecule has 2 aromatic carbocycles. The van der Waals surface area contributed by atoms with E-state index in [9.17, 15) is 12.6 Å². The van der Waals surface area contributed by atoms with E-state index in [4.69, 9.17) is 5.73 Å². The topological polar surface area (TPSA) is 90.1 Å². The van der Waals surface area contributed by atoms with Gasteiger partial charge in [0, 0.05) is 23.3 Å². The molecule has 0 fully saturated rings. The van der Waals surface area contributed by atoms with E-state index < -0.39 is 19.4 Å². The van der Waals surface area contributed by atoms with E-state index >= 15 is 0 Å². The summed E-state index contributed by atoms with van der Waals surface area (Å²) in [4.78, 5) is 4.69. The Balaban J connectivity index is 2.27. The minimum absolute atomic E-state index is 0.134. The SMILES string of the molecule is C=S(C)(=O)c1ccc(S(=O)(=O)c2cnc(CN)s2)c(-c2ccccc2)c1. The first kappa shape index (κ1) is 18.8. The van der Waals surface area contributed by atoms with Gasteiger partial charge in [0.05, 0.1) is 11.1 Å². The molecule has 0 radical (unpaired) electrons. The van der Waals surface area contributed by atoms with Crippen LogP contribution in [0.3, 0.4) is 0 Å². The summed E-state index contributed by atoms with van der Waals surface area (Å²) in [5.74, 6) is 3.70. The number of nitrogens with two attached hydrogens (primary N) is 1. The molecule has 1 atom stereocenters. The second-order valence-corrected chi connectivity index (χ2v) is 11.6. The molecule has 0 saturated heterocycles. The van der Waals surface area contributed by atoms with E-state index in [0.717, 1.165) is 16.9 Å². The van der Waals surface area contributed by atoms with Crippen molar-refractivity contribution in [2.24, 2.45) is 5.73 Å². The molecule has 8 heteroatoms. The molecule has 0 bridgehead atoms. The zero-order chi connectivity index (χ0) is 18.9. The first-order valence-corrected chi connectivity index (χ1v) is 12.1. The van der Waals surface area contributed by atoms with E-state index in [0.29, 0.717) is 15.5 Å². The standard InChI is InChI=1S/C18H18N2O3S3/c1-25(2,21)14-8-9-16(15(10-14)13-6-4-3-5-7-13)26(22,23)18-12-20-17(11-19)24-18/h3-10,12H,1,11,19H2,2H3. The van der Waals surface area contributed by atoms with Gasteiger partial charge in [-0.05, 0) is 39.2 Å². The Labute approximate surface area is 157 Å². The number of rotatable bonds is 5. The number of thiazole rings is 1. The fraction of sp³-hybridized carbons (Fsp3) is 0.111. The van der Waals surface area contributed by atoms with Gasteiger partial charge in [-0.25, -0.2) is 13.4 Å². The fourth-order valence-electron chi connectivity index (χ4n) is 2.48. The second kappa shape index (κ2) is 6.96. The molecule has 0 spiro atoms. The number of hydrogen-bond donors (Lipinski definition) is 1. The van der Waals surface area contributed by atoms with Crippen LogP contribution in [-0.4, -0.2) is 29.7 Å². The Morgan fingerprint density at radius 2 is 1.81 bits per heavy atom. The molecule has 0 aliphatic carbocycles. The van der Waals surface area contributed by atoms with Crippen molar-refractivity contribution in [2.75, 3.05) is 6.26 Å². The summed E-state index contributed by atoms with van der Waals surface area (Å²) in [5.41, 5.74) is 6.76. The molecular formula is C18H18N2O3S3. The molecule has 0 saturated carbocycles. The zero-order valence-corrected chi connectivity index (χ0v) is 16.5. The third-order valence-electron chi connectivity index (χ3n) is 3.80. The summed E-state index contributed by atoms with van der Waals surface area (Å²) in [5, 5.41) is 0.552. The zero-order valence-electron chi connectivity index (χ0n) is 14.1. The maximum atomic E-state index is 13.2. The highest BCUT2D eigenvalue weighted by Gasteiger charge is 2.25. The average molecular weight is 407 g/mol. The van der Waals surface area contributed by atoms with Crippen LogP contribution in [0.15, 0.2) is 68.7 Å². The van der Waals surface area contributed by atoms with Crippen LogP contribution in [0.1, 0.15) is 5.01 Å². The van der Waals surface area contributed by atoms with Gasteiger partial charge in [0.15, 0.2) is 0 Å².